The molecule has 3 rings (SSSR count). The second-order valence-corrected chi connectivity index (χ2v) is 6.69. The zero-order chi connectivity index (χ0) is 16.8. The lowest BCUT2D eigenvalue weighted by Gasteiger charge is -2.42. The minimum absolute atomic E-state index is 0.0624. The van der Waals surface area contributed by atoms with Gasteiger partial charge in [-0.3, -0.25) is 14.1 Å². The molecule has 2 heterocycles. The van der Waals surface area contributed by atoms with Gasteiger partial charge in [0.25, 0.3) is 5.91 Å². The smallest absolute Gasteiger partial charge is 0.362 e. The minimum atomic E-state index is -4.57. The van der Waals surface area contributed by atoms with Crippen LogP contribution in [0.2, 0.25) is 0 Å². The number of hydrogen-bond donors (Lipinski definition) is 3. The van der Waals surface area contributed by atoms with Crippen LogP contribution in [-0.4, -0.2) is 64.3 Å². The lowest BCUT2D eigenvalue weighted by molar-refractivity contribution is -0.151. The highest BCUT2D eigenvalue weighted by molar-refractivity contribution is 7.84. The van der Waals surface area contributed by atoms with Gasteiger partial charge in [-0.2, -0.15) is 8.42 Å². The lowest BCUT2D eigenvalue weighted by Crippen LogP contribution is -2.68. The van der Waals surface area contributed by atoms with Crippen LogP contribution in [0.5, 0.6) is 5.75 Å². The Balaban J connectivity index is 1.62. The summed E-state index contributed by atoms with van der Waals surface area (Å²) < 4.78 is 31.6. The van der Waals surface area contributed by atoms with Gasteiger partial charge in [-0.25, -0.2) is 4.31 Å². The van der Waals surface area contributed by atoms with Crippen LogP contribution in [0.25, 0.3) is 0 Å². The van der Waals surface area contributed by atoms with E-state index in [-0.39, 0.29) is 24.7 Å². The lowest BCUT2D eigenvalue weighted by atomic mass is 10.0. The largest absolute Gasteiger partial charge is 0.508 e. The van der Waals surface area contributed by atoms with Crippen LogP contribution in [0.15, 0.2) is 24.3 Å². The molecule has 0 aliphatic carbocycles. The molecule has 0 radical (unpaired) electrons. The Morgan fingerprint density at radius 2 is 1.96 bits per heavy atom. The standard InChI is InChI=1S/C13H15N3O6S/c17-9-3-1-8(2-4-9)14-7-11(18)15-6-5-10-12(15)13(19)16(10)23(20,21)22/h1-4,10,12,14,17H,5-7H2,(H,20,21,22)/t10-,12+/m1/s1. The summed E-state index contributed by atoms with van der Waals surface area (Å²) in [6.45, 7) is 0.191. The fourth-order valence-corrected chi connectivity index (χ4v) is 3.85. The van der Waals surface area contributed by atoms with Gasteiger partial charge in [-0.05, 0) is 30.7 Å². The maximum atomic E-state index is 12.2. The first-order chi connectivity index (χ1) is 10.8. The van der Waals surface area contributed by atoms with E-state index < -0.39 is 28.3 Å². The summed E-state index contributed by atoms with van der Waals surface area (Å²) in [5.41, 5.74) is 0.631. The summed E-state index contributed by atoms with van der Waals surface area (Å²) in [4.78, 5) is 25.4. The van der Waals surface area contributed by atoms with E-state index in [4.69, 9.17) is 4.55 Å². The van der Waals surface area contributed by atoms with E-state index in [9.17, 15) is 23.1 Å². The zero-order valence-corrected chi connectivity index (χ0v) is 12.7. The number of aromatic hydroxyl groups is 1. The van der Waals surface area contributed by atoms with Crippen LogP contribution < -0.4 is 5.32 Å². The number of benzene rings is 1. The summed E-state index contributed by atoms with van der Waals surface area (Å²) in [7, 11) is -4.57. The van der Waals surface area contributed by atoms with Crippen LogP contribution in [0.4, 0.5) is 5.69 Å². The fourth-order valence-electron chi connectivity index (χ4n) is 2.95. The molecule has 2 atom stereocenters. The number of carbonyl (C=O) groups is 2. The molecule has 2 aliphatic heterocycles. The third-order valence-corrected chi connectivity index (χ3v) is 4.97. The van der Waals surface area contributed by atoms with Crippen molar-refractivity contribution in [2.45, 2.75) is 18.5 Å². The van der Waals surface area contributed by atoms with Crippen molar-refractivity contribution >= 4 is 27.8 Å². The molecule has 10 heteroatoms. The monoisotopic (exact) mass is 341 g/mol. The van der Waals surface area contributed by atoms with Crippen molar-refractivity contribution in [2.75, 3.05) is 18.4 Å². The fraction of sp³-hybridized carbons (Fsp3) is 0.385. The molecular formula is C13H15N3O6S. The Kier molecular flexibility index (Phi) is 3.65. The third kappa shape index (κ3) is 2.70. The molecule has 9 nitrogen and oxygen atoms in total. The molecule has 0 aromatic heterocycles. The normalized spacial score (nSPS) is 23.4. The van der Waals surface area contributed by atoms with Crippen LogP contribution in [0.1, 0.15) is 6.42 Å². The molecule has 1 aromatic carbocycles. The molecule has 2 aliphatic rings. The Labute approximate surface area is 132 Å². The number of rotatable bonds is 4. The number of likely N-dealkylation sites (tertiary alicyclic amines) is 1. The molecule has 0 saturated carbocycles. The highest BCUT2D eigenvalue weighted by Crippen LogP contribution is 2.35. The van der Waals surface area contributed by atoms with Crippen molar-refractivity contribution in [2.24, 2.45) is 0 Å². The summed E-state index contributed by atoms with van der Waals surface area (Å²) >= 11 is 0. The van der Waals surface area contributed by atoms with Gasteiger partial charge in [0.15, 0.2) is 0 Å². The quantitative estimate of drug-likeness (QED) is 0.380. The first-order valence-corrected chi connectivity index (χ1v) is 8.32. The number of phenols is 1. The van der Waals surface area contributed by atoms with E-state index in [1.807, 2.05) is 0 Å². The second kappa shape index (κ2) is 5.39. The molecule has 2 amide bonds. The van der Waals surface area contributed by atoms with Gasteiger partial charge >= 0.3 is 10.3 Å². The maximum absolute atomic E-state index is 12.2. The maximum Gasteiger partial charge on any atom is 0.362 e. The molecular weight excluding hydrogens is 326 g/mol. The number of anilines is 1. The van der Waals surface area contributed by atoms with E-state index in [1.165, 1.54) is 17.0 Å². The average Bonchev–Trinajstić information content (AvgIpc) is 2.83. The van der Waals surface area contributed by atoms with Crippen molar-refractivity contribution in [1.29, 1.82) is 0 Å². The predicted octanol–water partition coefficient (Wildman–Crippen LogP) is -0.581. The number of hydrogen-bond acceptors (Lipinski definition) is 6. The Morgan fingerprint density at radius 1 is 1.30 bits per heavy atom. The summed E-state index contributed by atoms with van der Waals surface area (Å²) in [5.74, 6) is -1.02. The van der Waals surface area contributed by atoms with Crippen molar-refractivity contribution < 1.29 is 27.7 Å². The topological polar surface area (TPSA) is 127 Å². The third-order valence-electron chi connectivity index (χ3n) is 4.02. The van der Waals surface area contributed by atoms with Crippen molar-refractivity contribution in [1.82, 2.24) is 9.21 Å². The Hall–Kier alpha value is -2.33. The van der Waals surface area contributed by atoms with Crippen LogP contribution in [-0.2, 0) is 19.9 Å². The molecule has 2 saturated heterocycles. The molecule has 0 bridgehead atoms. The number of phenolic OH excluding ortho intramolecular Hbond substituents is 1. The molecule has 2 fully saturated rings. The van der Waals surface area contributed by atoms with Gasteiger partial charge in [-0.15, -0.1) is 0 Å². The number of β-lactam (4-membered cyclic amide) rings is 1. The minimum Gasteiger partial charge on any atom is -0.508 e. The van der Waals surface area contributed by atoms with Crippen LogP contribution >= 0.6 is 0 Å². The number of fused-ring (bicyclic) bond motifs is 1. The molecule has 3 N–H and O–H groups in total. The number of nitrogens with one attached hydrogen (secondary N) is 1. The Bertz CT molecular complexity index is 747. The van der Waals surface area contributed by atoms with Crippen LogP contribution in [0, 0.1) is 0 Å². The first-order valence-electron chi connectivity index (χ1n) is 6.92. The number of nitrogens with zero attached hydrogens (tertiary/aromatic N) is 2. The SMILES string of the molecule is O=C(CNc1ccc(O)cc1)N1CC[C@@H]2[C@H]1C(=O)N2S(=O)(=O)O. The van der Waals surface area contributed by atoms with E-state index in [0.717, 1.165) is 0 Å². The summed E-state index contributed by atoms with van der Waals surface area (Å²) in [6, 6.07) is 4.63. The first kappa shape index (κ1) is 15.6. The summed E-state index contributed by atoms with van der Waals surface area (Å²) in [6.07, 6.45) is 0.307. The molecule has 124 valence electrons. The second-order valence-electron chi connectivity index (χ2n) is 5.40. The van der Waals surface area contributed by atoms with Crippen molar-refractivity contribution in [3.63, 3.8) is 0 Å². The molecule has 23 heavy (non-hydrogen) atoms. The van der Waals surface area contributed by atoms with Crippen LogP contribution in [0.3, 0.4) is 0 Å². The summed E-state index contributed by atoms with van der Waals surface area (Å²) in [5, 5.41) is 12.1. The molecule has 1 aromatic rings. The van der Waals surface area contributed by atoms with Gasteiger partial charge < -0.3 is 15.3 Å². The predicted molar refractivity (Wildman–Crippen MR) is 78.9 cm³/mol. The molecule has 0 unspecified atom stereocenters. The highest BCUT2D eigenvalue weighted by Gasteiger charge is 2.59. The highest BCUT2D eigenvalue weighted by atomic mass is 32.2. The van der Waals surface area contributed by atoms with Gasteiger partial charge in [0.05, 0.1) is 12.6 Å². The van der Waals surface area contributed by atoms with E-state index >= 15 is 0 Å². The van der Waals surface area contributed by atoms with Gasteiger partial charge in [0.2, 0.25) is 5.91 Å². The average molecular weight is 341 g/mol. The van der Waals surface area contributed by atoms with Crippen molar-refractivity contribution in [3.8, 4) is 5.75 Å². The zero-order valence-electron chi connectivity index (χ0n) is 11.9. The number of carbonyl (C=O) groups excluding carboxylic acids is 2. The van der Waals surface area contributed by atoms with Gasteiger partial charge in [0.1, 0.15) is 11.8 Å². The van der Waals surface area contributed by atoms with Gasteiger partial charge in [-0.1, -0.05) is 0 Å². The Morgan fingerprint density at radius 3 is 2.57 bits per heavy atom. The van der Waals surface area contributed by atoms with E-state index in [0.29, 0.717) is 16.4 Å². The van der Waals surface area contributed by atoms with E-state index in [2.05, 4.69) is 5.32 Å². The molecule has 0 spiro atoms. The number of amides is 2. The van der Waals surface area contributed by atoms with Crippen molar-refractivity contribution in [3.05, 3.63) is 24.3 Å². The van der Waals surface area contributed by atoms with E-state index in [1.54, 1.807) is 12.1 Å². The van der Waals surface area contributed by atoms with Gasteiger partial charge in [0, 0.05) is 12.2 Å².